The number of hydrogen-bond acceptors (Lipinski definition) is 3. The molecule has 0 aliphatic heterocycles. The number of carbonyl (C=O) groups excluding carboxylic acids is 1. The number of hydrogen-bond donors (Lipinski definition) is 3. The summed E-state index contributed by atoms with van der Waals surface area (Å²) in [7, 11) is 0. The van der Waals surface area contributed by atoms with Gasteiger partial charge in [0, 0.05) is 13.2 Å². The van der Waals surface area contributed by atoms with Gasteiger partial charge < -0.3 is 16.2 Å². The number of nitrogens with two attached hydrogens (primary N) is 1. The maximum Gasteiger partial charge on any atom is 0.237 e. The minimum atomic E-state index is -0.506. The summed E-state index contributed by atoms with van der Waals surface area (Å²) in [5.41, 5.74) is 5.52. The van der Waals surface area contributed by atoms with Gasteiger partial charge in [-0.25, -0.2) is 0 Å². The van der Waals surface area contributed by atoms with E-state index in [4.69, 9.17) is 10.8 Å². The molecular formula is C10H22N2O2. The van der Waals surface area contributed by atoms with Gasteiger partial charge >= 0.3 is 0 Å². The molecule has 2 unspecified atom stereocenters. The Labute approximate surface area is 85.9 Å². The van der Waals surface area contributed by atoms with Gasteiger partial charge in [-0.15, -0.1) is 0 Å². The number of aliphatic hydroxyl groups excluding tert-OH is 1. The van der Waals surface area contributed by atoms with E-state index in [9.17, 15) is 4.79 Å². The Kier molecular flexibility index (Phi) is 5.08. The van der Waals surface area contributed by atoms with Crippen LogP contribution in [0.2, 0.25) is 0 Å². The second-order valence-corrected chi connectivity index (χ2v) is 4.88. The topological polar surface area (TPSA) is 75.3 Å². The summed E-state index contributed by atoms with van der Waals surface area (Å²) in [4.78, 5) is 11.5. The van der Waals surface area contributed by atoms with Crippen LogP contribution in [0.4, 0.5) is 0 Å². The lowest BCUT2D eigenvalue weighted by Gasteiger charge is -2.26. The van der Waals surface area contributed by atoms with Crippen molar-refractivity contribution in [1.82, 2.24) is 5.32 Å². The van der Waals surface area contributed by atoms with Gasteiger partial charge in [0.2, 0.25) is 5.91 Å². The highest BCUT2D eigenvalue weighted by Gasteiger charge is 2.27. The lowest BCUT2D eigenvalue weighted by Crippen LogP contribution is -2.49. The molecule has 0 radical (unpaired) electrons. The smallest absolute Gasteiger partial charge is 0.237 e. The fourth-order valence-electron chi connectivity index (χ4n) is 0.843. The minimum absolute atomic E-state index is 0.0744. The van der Waals surface area contributed by atoms with Gasteiger partial charge in [-0.1, -0.05) is 27.7 Å². The molecule has 4 N–H and O–H groups in total. The first-order valence-corrected chi connectivity index (χ1v) is 4.93. The molecule has 14 heavy (non-hydrogen) atoms. The van der Waals surface area contributed by atoms with Crippen molar-refractivity contribution in [2.45, 2.75) is 33.7 Å². The molecule has 2 atom stereocenters. The standard InChI is InChI=1S/C10H22N2O2/c1-7(6-13)5-12-9(14)8(11)10(2,3)4/h7-8,13H,5-6,11H2,1-4H3,(H,12,14). The number of aliphatic hydroxyl groups is 1. The normalized spacial score (nSPS) is 16.1. The summed E-state index contributed by atoms with van der Waals surface area (Å²) in [5.74, 6) is -0.0797. The van der Waals surface area contributed by atoms with E-state index in [-0.39, 0.29) is 23.8 Å². The van der Waals surface area contributed by atoms with Crippen molar-refractivity contribution >= 4 is 5.91 Å². The van der Waals surface area contributed by atoms with E-state index in [1.807, 2.05) is 27.7 Å². The molecule has 4 heteroatoms. The van der Waals surface area contributed by atoms with E-state index in [1.54, 1.807) is 0 Å². The van der Waals surface area contributed by atoms with Gasteiger partial charge in [0.05, 0.1) is 6.04 Å². The zero-order valence-corrected chi connectivity index (χ0v) is 9.50. The van der Waals surface area contributed by atoms with Crippen LogP contribution in [0.25, 0.3) is 0 Å². The molecule has 0 bridgehead atoms. The Morgan fingerprint density at radius 1 is 1.50 bits per heavy atom. The van der Waals surface area contributed by atoms with E-state index < -0.39 is 6.04 Å². The minimum Gasteiger partial charge on any atom is -0.396 e. The molecule has 0 aromatic heterocycles. The van der Waals surface area contributed by atoms with Crippen LogP contribution in [0.15, 0.2) is 0 Å². The molecule has 0 saturated carbocycles. The molecule has 0 aromatic rings. The van der Waals surface area contributed by atoms with Crippen LogP contribution in [-0.4, -0.2) is 30.2 Å². The molecule has 0 aromatic carbocycles. The first kappa shape index (κ1) is 13.4. The zero-order valence-electron chi connectivity index (χ0n) is 9.50. The van der Waals surface area contributed by atoms with Crippen LogP contribution in [0.5, 0.6) is 0 Å². The lowest BCUT2D eigenvalue weighted by molar-refractivity contribution is -0.124. The van der Waals surface area contributed by atoms with Crippen molar-refractivity contribution in [3.63, 3.8) is 0 Å². The largest absolute Gasteiger partial charge is 0.396 e. The maximum absolute atomic E-state index is 11.5. The van der Waals surface area contributed by atoms with Gasteiger partial charge in [0.15, 0.2) is 0 Å². The molecule has 0 spiro atoms. The number of rotatable bonds is 4. The zero-order chi connectivity index (χ0) is 11.4. The van der Waals surface area contributed by atoms with Gasteiger partial charge in [0.25, 0.3) is 0 Å². The first-order chi connectivity index (χ1) is 6.29. The molecule has 0 aliphatic rings. The Balaban J connectivity index is 3.97. The summed E-state index contributed by atoms with van der Waals surface area (Å²) < 4.78 is 0. The predicted octanol–water partition coefficient (Wildman–Crippen LogP) is 0.104. The molecule has 0 fully saturated rings. The molecule has 0 heterocycles. The summed E-state index contributed by atoms with van der Waals surface area (Å²) >= 11 is 0. The Morgan fingerprint density at radius 2 is 2.00 bits per heavy atom. The van der Waals surface area contributed by atoms with E-state index in [0.29, 0.717) is 6.54 Å². The monoisotopic (exact) mass is 202 g/mol. The Hall–Kier alpha value is -0.610. The molecule has 84 valence electrons. The van der Waals surface area contributed by atoms with Crippen molar-refractivity contribution in [3.05, 3.63) is 0 Å². The quantitative estimate of drug-likeness (QED) is 0.605. The van der Waals surface area contributed by atoms with Crippen LogP contribution >= 0.6 is 0 Å². The average Bonchev–Trinajstić information content (AvgIpc) is 2.10. The number of carbonyl (C=O) groups is 1. The van der Waals surface area contributed by atoms with E-state index >= 15 is 0 Å². The van der Waals surface area contributed by atoms with Crippen LogP contribution in [0.1, 0.15) is 27.7 Å². The van der Waals surface area contributed by atoms with Gasteiger partial charge in [-0.3, -0.25) is 4.79 Å². The highest BCUT2D eigenvalue weighted by atomic mass is 16.3. The highest BCUT2D eigenvalue weighted by molar-refractivity contribution is 5.82. The van der Waals surface area contributed by atoms with Crippen LogP contribution in [-0.2, 0) is 4.79 Å². The third-order valence-corrected chi connectivity index (χ3v) is 2.15. The van der Waals surface area contributed by atoms with Gasteiger partial charge in [-0.2, -0.15) is 0 Å². The van der Waals surface area contributed by atoms with Gasteiger partial charge in [-0.05, 0) is 11.3 Å². The second kappa shape index (κ2) is 5.32. The predicted molar refractivity (Wildman–Crippen MR) is 56.7 cm³/mol. The van der Waals surface area contributed by atoms with E-state index in [0.717, 1.165) is 0 Å². The fourth-order valence-corrected chi connectivity index (χ4v) is 0.843. The Bertz CT molecular complexity index is 187. The number of nitrogens with one attached hydrogen (secondary N) is 1. The third-order valence-electron chi connectivity index (χ3n) is 2.15. The van der Waals surface area contributed by atoms with E-state index in [1.165, 1.54) is 0 Å². The first-order valence-electron chi connectivity index (χ1n) is 4.93. The molecule has 0 aliphatic carbocycles. The summed E-state index contributed by atoms with van der Waals surface area (Å²) in [6.45, 7) is 8.18. The van der Waals surface area contributed by atoms with E-state index in [2.05, 4.69) is 5.32 Å². The fraction of sp³-hybridized carbons (Fsp3) is 0.900. The van der Waals surface area contributed by atoms with Crippen molar-refractivity contribution in [2.75, 3.05) is 13.2 Å². The van der Waals surface area contributed by atoms with Crippen LogP contribution < -0.4 is 11.1 Å². The molecule has 4 nitrogen and oxygen atoms in total. The highest BCUT2D eigenvalue weighted by Crippen LogP contribution is 2.17. The van der Waals surface area contributed by atoms with Crippen molar-refractivity contribution in [2.24, 2.45) is 17.1 Å². The van der Waals surface area contributed by atoms with Gasteiger partial charge in [0.1, 0.15) is 0 Å². The maximum atomic E-state index is 11.5. The SMILES string of the molecule is CC(CO)CNC(=O)C(N)C(C)(C)C. The van der Waals surface area contributed by atoms with Crippen molar-refractivity contribution in [3.8, 4) is 0 Å². The lowest BCUT2D eigenvalue weighted by atomic mass is 9.87. The number of amides is 1. The van der Waals surface area contributed by atoms with Crippen LogP contribution in [0.3, 0.4) is 0 Å². The second-order valence-electron chi connectivity index (χ2n) is 4.88. The van der Waals surface area contributed by atoms with Crippen molar-refractivity contribution in [1.29, 1.82) is 0 Å². The van der Waals surface area contributed by atoms with Crippen LogP contribution in [0, 0.1) is 11.3 Å². The summed E-state index contributed by atoms with van der Waals surface area (Å²) in [5, 5.41) is 11.5. The summed E-state index contributed by atoms with van der Waals surface area (Å²) in [6, 6.07) is -0.506. The molecule has 0 rings (SSSR count). The third kappa shape index (κ3) is 4.58. The average molecular weight is 202 g/mol. The molecular weight excluding hydrogens is 180 g/mol. The van der Waals surface area contributed by atoms with Crippen molar-refractivity contribution < 1.29 is 9.90 Å². The molecule has 1 amide bonds. The molecule has 0 saturated heterocycles. The summed E-state index contributed by atoms with van der Waals surface area (Å²) in [6.07, 6.45) is 0. The Morgan fingerprint density at radius 3 is 2.36 bits per heavy atom.